The van der Waals surface area contributed by atoms with Gasteiger partial charge in [-0.25, -0.2) is 8.78 Å². The van der Waals surface area contributed by atoms with E-state index in [0.29, 0.717) is 19.4 Å². The van der Waals surface area contributed by atoms with Gasteiger partial charge in [-0.2, -0.15) is 0 Å². The summed E-state index contributed by atoms with van der Waals surface area (Å²) in [6.45, 7) is 18.1. The number of benzene rings is 1. The summed E-state index contributed by atoms with van der Waals surface area (Å²) in [6, 6.07) is -1.32. The van der Waals surface area contributed by atoms with Crippen molar-refractivity contribution in [2.24, 2.45) is 11.8 Å². The zero-order chi connectivity index (χ0) is 41.2. The first kappa shape index (κ1) is 47.9. The Bertz CT molecular complexity index is 1380. The summed E-state index contributed by atoms with van der Waals surface area (Å²) in [4.78, 5) is 77.9. The van der Waals surface area contributed by atoms with Crippen LogP contribution in [-0.2, 0) is 39.9 Å². The van der Waals surface area contributed by atoms with Crippen molar-refractivity contribution in [1.29, 1.82) is 0 Å². The van der Waals surface area contributed by atoms with Gasteiger partial charge in [0.15, 0.2) is 0 Å². The first-order valence-corrected chi connectivity index (χ1v) is 19.1. The number of carbonyl (C=O) groups is 6. The van der Waals surface area contributed by atoms with Gasteiger partial charge in [-0.1, -0.05) is 47.5 Å². The van der Waals surface area contributed by atoms with Crippen LogP contribution < -0.4 is 31.9 Å². The van der Waals surface area contributed by atoms with Gasteiger partial charge in [-0.15, -0.1) is 0 Å². The van der Waals surface area contributed by atoms with Crippen LogP contribution in [0.4, 0.5) is 8.78 Å². The minimum absolute atomic E-state index is 0.00576. The first-order chi connectivity index (χ1) is 25.2. The largest absolute Gasteiger partial charge is 0.460 e. The van der Waals surface area contributed by atoms with Crippen molar-refractivity contribution >= 4 is 35.5 Å². The lowest BCUT2D eigenvalue weighted by Crippen LogP contribution is -2.58. The third-order valence-corrected chi connectivity index (χ3v) is 8.64. The molecule has 306 valence electrons. The van der Waals surface area contributed by atoms with E-state index < -0.39 is 77.0 Å². The molecule has 0 aliphatic heterocycles. The molecule has 0 spiro atoms. The van der Waals surface area contributed by atoms with Crippen molar-refractivity contribution in [2.75, 3.05) is 13.1 Å². The van der Waals surface area contributed by atoms with Gasteiger partial charge in [0.2, 0.25) is 29.5 Å². The van der Waals surface area contributed by atoms with Crippen LogP contribution in [0.5, 0.6) is 0 Å². The number of nitrogens with one attached hydrogen (secondary N) is 6. The quantitative estimate of drug-likeness (QED) is 0.0914. The predicted octanol–water partition coefficient (Wildman–Crippen LogP) is 3.57. The van der Waals surface area contributed by atoms with Crippen molar-refractivity contribution in [2.45, 2.75) is 150 Å². The summed E-state index contributed by atoms with van der Waals surface area (Å²) in [5, 5.41) is 16.9. The number of ether oxygens (including phenoxy) is 1. The highest BCUT2D eigenvalue weighted by Crippen LogP contribution is 2.14. The van der Waals surface area contributed by atoms with Crippen molar-refractivity contribution in [1.82, 2.24) is 31.9 Å². The first-order valence-electron chi connectivity index (χ1n) is 19.1. The van der Waals surface area contributed by atoms with E-state index in [9.17, 15) is 37.5 Å². The molecule has 5 amide bonds. The van der Waals surface area contributed by atoms with Gasteiger partial charge in [0.05, 0.1) is 6.04 Å². The van der Waals surface area contributed by atoms with Crippen LogP contribution in [-0.4, -0.2) is 84.4 Å². The minimum atomic E-state index is -1.02. The van der Waals surface area contributed by atoms with Crippen LogP contribution in [0.3, 0.4) is 0 Å². The third kappa shape index (κ3) is 18.3. The summed E-state index contributed by atoms with van der Waals surface area (Å²) in [7, 11) is 0. The molecule has 6 N–H and O–H groups in total. The lowest BCUT2D eigenvalue weighted by atomic mass is 9.97. The second kappa shape index (κ2) is 23.6. The zero-order valence-electron chi connectivity index (χ0n) is 33.8. The molecule has 0 aliphatic rings. The SMILES string of the molecule is CCC[C@H](NC(=O)[C@@H](NC(=O)CCCC(=O)OC(C)(C)C)[C@@H](C)CC)C(=O)N[C@H](CN[C@@H](C)C(=O)N[C@H](C(=O)NCC)C(C)C)Cc1cc(F)cc(F)c1. The van der Waals surface area contributed by atoms with Crippen LogP contribution in [0.25, 0.3) is 0 Å². The van der Waals surface area contributed by atoms with E-state index in [1.165, 1.54) is 0 Å². The highest BCUT2D eigenvalue weighted by Gasteiger charge is 2.31. The van der Waals surface area contributed by atoms with E-state index in [0.717, 1.165) is 18.2 Å². The molecular weight excluding hydrogens is 702 g/mol. The number of halogens is 2. The molecule has 13 nitrogen and oxygen atoms in total. The Morgan fingerprint density at radius 2 is 1.39 bits per heavy atom. The maximum Gasteiger partial charge on any atom is 0.306 e. The van der Waals surface area contributed by atoms with E-state index in [2.05, 4.69) is 31.9 Å². The molecule has 0 heterocycles. The lowest BCUT2D eigenvalue weighted by Gasteiger charge is -2.28. The summed E-state index contributed by atoms with van der Waals surface area (Å²) in [6.07, 6.45) is 1.56. The number of carbonyl (C=O) groups excluding carboxylic acids is 6. The Kier molecular flexibility index (Phi) is 20.9. The van der Waals surface area contributed by atoms with Crippen LogP contribution in [0.15, 0.2) is 18.2 Å². The highest BCUT2D eigenvalue weighted by atomic mass is 19.1. The minimum Gasteiger partial charge on any atom is -0.460 e. The monoisotopic (exact) mass is 766 g/mol. The Morgan fingerprint density at radius 3 is 1.93 bits per heavy atom. The normalized spacial score (nSPS) is 14.8. The fourth-order valence-corrected chi connectivity index (χ4v) is 5.55. The van der Waals surface area contributed by atoms with Crippen molar-refractivity contribution in [3.05, 3.63) is 35.4 Å². The molecule has 1 rings (SSSR count). The number of esters is 1. The molecular formula is C39H64F2N6O7. The van der Waals surface area contributed by atoms with E-state index in [-0.39, 0.29) is 62.0 Å². The summed E-state index contributed by atoms with van der Waals surface area (Å²) >= 11 is 0. The molecule has 0 aliphatic carbocycles. The van der Waals surface area contributed by atoms with Crippen molar-refractivity contribution in [3.63, 3.8) is 0 Å². The average molecular weight is 767 g/mol. The number of rotatable bonds is 23. The Labute approximate surface area is 319 Å². The average Bonchev–Trinajstić information content (AvgIpc) is 3.06. The lowest BCUT2D eigenvalue weighted by molar-refractivity contribution is -0.155. The van der Waals surface area contributed by atoms with Crippen LogP contribution >= 0.6 is 0 Å². The summed E-state index contributed by atoms with van der Waals surface area (Å²) in [5.41, 5.74) is -0.385. The highest BCUT2D eigenvalue weighted by molar-refractivity contribution is 5.92. The maximum absolute atomic E-state index is 14.1. The van der Waals surface area contributed by atoms with Gasteiger partial charge >= 0.3 is 5.97 Å². The zero-order valence-corrected chi connectivity index (χ0v) is 33.8. The molecule has 15 heteroatoms. The Balaban J connectivity index is 3.13. The topological polar surface area (TPSA) is 184 Å². The number of hydrogen-bond acceptors (Lipinski definition) is 8. The molecule has 1 aromatic rings. The fraction of sp³-hybridized carbons (Fsp3) is 0.692. The summed E-state index contributed by atoms with van der Waals surface area (Å²) < 4.78 is 33.6. The molecule has 0 fully saturated rings. The molecule has 0 unspecified atom stereocenters. The van der Waals surface area contributed by atoms with E-state index in [1.54, 1.807) is 41.5 Å². The van der Waals surface area contributed by atoms with Crippen LogP contribution in [0, 0.1) is 23.5 Å². The van der Waals surface area contributed by atoms with Gasteiger partial charge in [-0.05, 0) is 83.4 Å². The van der Waals surface area contributed by atoms with Crippen molar-refractivity contribution < 1.29 is 42.3 Å². The van der Waals surface area contributed by atoms with Gasteiger partial charge in [-0.3, -0.25) is 28.8 Å². The van der Waals surface area contributed by atoms with E-state index in [1.807, 2.05) is 27.7 Å². The standard InChI is InChI=1S/C39H64F2N6O7/c1-11-15-30(45-38(53)34(24(6)12-2)46-31(48)16-14-17-32(49)54-39(8,9)10)36(51)44-29(20-26-18-27(40)21-28(41)19-26)22-43-25(7)35(50)47-33(23(4)5)37(52)42-13-3/h18-19,21,23-25,29-30,33-34,43H,11-17,20,22H2,1-10H3,(H,42,52)(H,44,51)(H,45,53)(H,46,48)(H,47,50)/t24-,25-,29-,30-,33-,34-/m0/s1. The summed E-state index contributed by atoms with van der Waals surface area (Å²) in [5.74, 6) is -4.81. The predicted molar refractivity (Wildman–Crippen MR) is 203 cm³/mol. The molecule has 1 aromatic carbocycles. The second-order valence-corrected chi connectivity index (χ2v) is 15.2. The van der Waals surface area contributed by atoms with Crippen molar-refractivity contribution in [3.8, 4) is 0 Å². The molecule has 0 radical (unpaired) electrons. The van der Waals surface area contributed by atoms with E-state index in [4.69, 9.17) is 4.74 Å². The van der Waals surface area contributed by atoms with Gasteiger partial charge < -0.3 is 36.6 Å². The number of hydrogen-bond donors (Lipinski definition) is 6. The molecule has 0 saturated heterocycles. The van der Waals surface area contributed by atoms with Crippen LogP contribution in [0.2, 0.25) is 0 Å². The molecule has 0 bridgehead atoms. The van der Waals surface area contributed by atoms with Crippen LogP contribution in [0.1, 0.15) is 113 Å². The van der Waals surface area contributed by atoms with Gasteiger partial charge in [0.25, 0.3) is 0 Å². The number of amides is 5. The smallest absolute Gasteiger partial charge is 0.306 e. The molecule has 6 atom stereocenters. The van der Waals surface area contributed by atoms with Gasteiger partial charge in [0, 0.05) is 38.0 Å². The second-order valence-electron chi connectivity index (χ2n) is 15.2. The third-order valence-electron chi connectivity index (χ3n) is 8.64. The molecule has 0 saturated carbocycles. The van der Waals surface area contributed by atoms with E-state index >= 15 is 0 Å². The Hall–Kier alpha value is -4.14. The molecule has 0 aromatic heterocycles. The number of likely N-dealkylation sites (N-methyl/N-ethyl adjacent to an activating group) is 1. The van der Waals surface area contributed by atoms with Gasteiger partial charge in [0.1, 0.15) is 35.4 Å². The Morgan fingerprint density at radius 1 is 0.759 bits per heavy atom. The maximum atomic E-state index is 14.1. The fourth-order valence-electron chi connectivity index (χ4n) is 5.55. The molecule has 54 heavy (non-hydrogen) atoms.